The van der Waals surface area contributed by atoms with Crippen molar-refractivity contribution in [2.24, 2.45) is 0 Å². The molecule has 0 fully saturated rings. The number of rotatable bonds is 5. The van der Waals surface area contributed by atoms with Crippen LogP contribution in [0.5, 0.6) is 0 Å². The van der Waals surface area contributed by atoms with Crippen LogP contribution in [-0.4, -0.2) is 24.7 Å². The van der Waals surface area contributed by atoms with Crippen molar-refractivity contribution in [2.45, 2.75) is 25.3 Å². The first-order valence-corrected chi connectivity index (χ1v) is 8.23. The highest BCUT2D eigenvalue weighted by Crippen LogP contribution is 2.20. The summed E-state index contributed by atoms with van der Waals surface area (Å²) in [5, 5.41) is 8.91. The molecule has 0 saturated carbocycles. The number of aliphatic hydroxyl groups excluding tert-OH is 1. The molecule has 0 atom stereocenters. The van der Waals surface area contributed by atoms with Crippen LogP contribution in [0.1, 0.15) is 11.1 Å². The Morgan fingerprint density at radius 2 is 1.91 bits per heavy atom. The molecule has 0 amide bonds. The number of nitrogens with one attached hydrogen (secondary N) is 1. The summed E-state index contributed by atoms with van der Waals surface area (Å²) in [5.41, 5.74) is 1.45. The number of nitrogens with zero attached hydrogens (tertiary/aromatic N) is 1. The summed E-state index contributed by atoms with van der Waals surface area (Å²) in [4.78, 5) is 11.8. The van der Waals surface area contributed by atoms with E-state index in [1.807, 2.05) is 13.0 Å². The fraction of sp³-hybridized carbons (Fsp3) is 0.267. The monoisotopic (exact) mass is 322 g/mol. The number of aromatic nitrogens is 1. The van der Waals surface area contributed by atoms with E-state index in [9.17, 15) is 13.2 Å². The Hall–Kier alpha value is -2.12. The van der Waals surface area contributed by atoms with Gasteiger partial charge in [-0.25, -0.2) is 8.42 Å². The van der Waals surface area contributed by atoms with E-state index in [-0.39, 0.29) is 29.3 Å². The van der Waals surface area contributed by atoms with Gasteiger partial charge in [-0.1, -0.05) is 12.1 Å². The van der Waals surface area contributed by atoms with Crippen molar-refractivity contribution in [1.82, 2.24) is 4.57 Å². The lowest BCUT2D eigenvalue weighted by molar-refractivity contribution is 0.274. The highest BCUT2D eigenvalue weighted by Gasteiger charge is 2.17. The third kappa shape index (κ3) is 3.55. The van der Waals surface area contributed by atoms with Crippen molar-refractivity contribution in [2.75, 3.05) is 11.3 Å². The molecule has 2 rings (SSSR count). The van der Waals surface area contributed by atoms with Gasteiger partial charge in [0.05, 0.1) is 17.2 Å². The Kier molecular flexibility index (Phi) is 4.68. The minimum Gasteiger partial charge on any atom is -0.395 e. The van der Waals surface area contributed by atoms with Gasteiger partial charge in [-0.15, -0.1) is 0 Å². The molecule has 0 saturated heterocycles. The van der Waals surface area contributed by atoms with Gasteiger partial charge in [0.15, 0.2) is 0 Å². The number of sulfonamides is 1. The second-order valence-electron chi connectivity index (χ2n) is 5.05. The molecule has 1 aromatic heterocycles. The summed E-state index contributed by atoms with van der Waals surface area (Å²) in [7, 11) is -3.74. The van der Waals surface area contributed by atoms with Crippen molar-refractivity contribution in [3.8, 4) is 0 Å². The SMILES string of the molecule is Cc1ccc(C)c(S(=O)(=O)Nc2ccc(=O)n(CCO)c2)c1. The van der Waals surface area contributed by atoms with Crippen LogP contribution in [-0.2, 0) is 16.6 Å². The zero-order valence-electron chi connectivity index (χ0n) is 12.4. The van der Waals surface area contributed by atoms with Gasteiger partial charge in [-0.3, -0.25) is 9.52 Å². The fourth-order valence-corrected chi connectivity index (χ4v) is 3.46. The van der Waals surface area contributed by atoms with Gasteiger partial charge in [0.25, 0.3) is 15.6 Å². The van der Waals surface area contributed by atoms with Crippen LogP contribution in [0, 0.1) is 13.8 Å². The Bertz CT molecular complexity index is 841. The lowest BCUT2D eigenvalue weighted by atomic mass is 10.2. The maximum absolute atomic E-state index is 12.5. The van der Waals surface area contributed by atoms with Gasteiger partial charge in [-0.2, -0.15) is 0 Å². The Morgan fingerprint density at radius 3 is 2.59 bits per heavy atom. The Balaban J connectivity index is 2.39. The normalized spacial score (nSPS) is 11.4. The Morgan fingerprint density at radius 1 is 1.18 bits per heavy atom. The standard InChI is InChI=1S/C15H18N2O4S/c1-11-3-4-12(2)14(9-11)22(20,21)16-13-5-6-15(19)17(10-13)7-8-18/h3-6,9-10,16,18H,7-8H2,1-2H3. The van der Waals surface area contributed by atoms with Crippen LogP contribution in [0.2, 0.25) is 0 Å². The van der Waals surface area contributed by atoms with Crippen molar-refractivity contribution < 1.29 is 13.5 Å². The zero-order chi connectivity index (χ0) is 16.3. The van der Waals surface area contributed by atoms with Gasteiger partial charge in [0.1, 0.15) is 0 Å². The predicted octanol–water partition coefficient (Wildman–Crippen LogP) is 1.26. The number of benzene rings is 1. The van der Waals surface area contributed by atoms with Crippen LogP contribution in [0.3, 0.4) is 0 Å². The lowest BCUT2D eigenvalue weighted by Gasteiger charge is -2.12. The van der Waals surface area contributed by atoms with E-state index < -0.39 is 10.0 Å². The molecule has 7 heteroatoms. The molecular formula is C15H18N2O4S. The van der Waals surface area contributed by atoms with Gasteiger partial charge >= 0.3 is 0 Å². The third-order valence-corrected chi connectivity index (χ3v) is 4.73. The molecule has 0 bridgehead atoms. The summed E-state index contributed by atoms with van der Waals surface area (Å²) in [6.45, 7) is 3.45. The van der Waals surface area contributed by atoms with E-state index in [0.29, 0.717) is 5.56 Å². The lowest BCUT2D eigenvalue weighted by Crippen LogP contribution is -2.22. The number of aryl methyl sites for hydroxylation is 2. The van der Waals surface area contributed by atoms with E-state index in [2.05, 4.69) is 4.72 Å². The molecule has 6 nitrogen and oxygen atoms in total. The van der Waals surface area contributed by atoms with Crippen molar-refractivity contribution >= 4 is 15.7 Å². The van der Waals surface area contributed by atoms with E-state index >= 15 is 0 Å². The highest BCUT2D eigenvalue weighted by molar-refractivity contribution is 7.92. The van der Waals surface area contributed by atoms with Crippen LogP contribution in [0.4, 0.5) is 5.69 Å². The first-order chi connectivity index (χ1) is 10.3. The van der Waals surface area contributed by atoms with Crippen LogP contribution >= 0.6 is 0 Å². The fourth-order valence-electron chi connectivity index (χ4n) is 2.08. The molecule has 0 unspecified atom stereocenters. The van der Waals surface area contributed by atoms with Gasteiger partial charge in [0.2, 0.25) is 0 Å². The molecular weight excluding hydrogens is 304 g/mol. The van der Waals surface area contributed by atoms with Gasteiger partial charge in [0, 0.05) is 18.8 Å². The Labute approximate surface area is 129 Å². The molecule has 0 aliphatic heterocycles. The van der Waals surface area contributed by atoms with Crippen LogP contribution in [0.25, 0.3) is 0 Å². The average molecular weight is 322 g/mol. The third-order valence-electron chi connectivity index (χ3n) is 3.21. The van der Waals surface area contributed by atoms with Crippen molar-refractivity contribution in [3.63, 3.8) is 0 Å². The molecule has 1 heterocycles. The maximum atomic E-state index is 12.5. The molecule has 1 aromatic carbocycles. The second-order valence-corrected chi connectivity index (χ2v) is 6.70. The molecule has 0 aliphatic carbocycles. The summed E-state index contributed by atoms with van der Waals surface area (Å²) >= 11 is 0. The molecule has 22 heavy (non-hydrogen) atoms. The maximum Gasteiger partial charge on any atom is 0.262 e. The molecule has 0 radical (unpaired) electrons. The van der Waals surface area contributed by atoms with E-state index in [1.54, 1.807) is 19.1 Å². The smallest absolute Gasteiger partial charge is 0.262 e. The first-order valence-electron chi connectivity index (χ1n) is 6.75. The summed E-state index contributed by atoms with van der Waals surface area (Å²) in [5.74, 6) is 0. The summed E-state index contributed by atoms with van der Waals surface area (Å²) in [6, 6.07) is 7.85. The van der Waals surface area contributed by atoms with E-state index in [1.165, 1.54) is 22.9 Å². The zero-order valence-corrected chi connectivity index (χ0v) is 13.2. The number of aliphatic hydroxyl groups is 1. The first kappa shape index (κ1) is 16.3. The van der Waals surface area contributed by atoms with E-state index in [0.717, 1.165) is 5.56 Å². The molecule has 2 N–H and O–H groups in total. The van der Waals surface area contributed by atoms with Gasteiger partial charge < -0.3 is 9.67 Å². The predicted molar refractivity (Wildman–Crippen MR) is 84.5 cm³/mol. The van der Waals surface area contributed by atoms with Gasteiger partial charge in [-0.05, 0) is 37.1 Å². The van der Waals surface area contributed by atoms with Crippen LogP contribution < -0.4 is 10.3 Å². The molecule has 118 valence electrons. The van der Waals surface area contributed by atoms with Crippen LogP contribution in [0.15, 0.2) is 46.2 Å². The number of hydrogen-bond donors (Lipinski definition) is 2. The number of anilines is 1. The molecule has 0 aliphatic rings. The quantitative estimate of drug-likeness (QED) is 0.867. The highest BCUT2D eigenvalue weighted by atomic mass is 32.2. The molecule has 0 spiro atoms. The minimum atomic E-state index is -3.74. The minimum absolute atomic E-state index is 0.109. The molecule has 2 aromatic rings. The largest absolute Gasteiger partial charge is 0.395 e. The number of pyridine rings is 1. The van der Waals surface area contributed by atoms with E-state index in [4.69, 9.17) is 5.11 Å². The number of hydrogen-bond acceptors (Lipinski definition) is 4. The second kappa shape index (κ2) is 6.33. The van der Waals surface area contributed by atoms with Crippen molar-refractivity contribution in [3.05, 3.63) is 58.0 Å². The summed E-state index contributed by atoms with van der Waals surface area (Å²) in [6.07, 6.45) is 1.38. The topological polar surface area (TPSA) is 88.4 Å². The summed E-state index contributed by atoms with van der Waals surface area (Å²) < 4.78 is 28.7. The average Bonchev–Trinajstić information content (AvgIpc) is 2.45. The van der Waals surface area contributed by atoms with Crippen molar-refractivity contribution in [1.29, 1.82) is 0 Å².